The van der Waals surface area contributed by atoms with E-state index in [2.05, 4.69) is 36.2 Å². The first-order valence-electron chi connectivity index (χ1n) is 6.95. The van der Waals surface area contributed by atoms with E-state index in [4.69, 9.17) is 18.0 Å². The third-order valence-electron chi connectivity index (χ3n) is 3.17. The maximum absolute atomic E-state index is 5.77. The molecule has 0 aliphatic heterocycles. The van der Waals surface area contributed by atoms with Crippen molar-refractivity contribution in [3.63, 3.8) is 0 Å². The number of benzene rings is 1. The van der Waals surface area contributed by atoms with Gasteiger partial charge in [0, 0.05) is 24.3 Å². The van der Waals surface area contributed by atoms with Gasteiger partial charge >= 0.3 is 0 Å². The Labute approximate surface area is 122 Å². The number of anilines is 1. The fraction of sp³-hybridized carbons (Fsp3) is 0.533. The van der Waals surface area contributed by atoms with Crippen molar-refractivity contribution < 1.29 is 0 Å². The van der Waals surface area contributed by atoms with Gasteiger partial charge < -0.3 is 16.0 Å². The highest BCUT2D eigenvalue weighted by molar-refractivity contribution is 7.80. The summed E-state index contributed by atoms with van der Waals surface area (Å²) in [6.07, 6.45) is 1.19. The van der Waals surface area contributed by atoms with Crippen LogP contribution in [0.5, 0.6) is 0 Å². The van der Waals surface area contributed by atoms with Crippen molar-refractivity contribution in [1.82, 2.24) is 4.90 Å². The molecule has 1 rings (SSSR count). The summed E-state index contributed by atoms with van der Waals surface area (Å²) in [5.41, 5.74) is 8.92. The van der Waals surface area contributed by atoms with Gasteiger partial charge in [-0.1, -0.05) is 37.7 Å². The second-order valence-electron chi connectivity index (χ2n) is 4.77. The molecule has 0 spiro atoms. The maximum atomic E-state index is 5.77. The van der Waals surface area contributed by atoms with Crippen LogP contribution in [0.15, 0.2) is 18.2 Å². The van der Waals surface area contributed by atoms with Crippen LogP contribution in [0.25, 0.3) is 0 Å². The lowest BCUT2D eigenvalue weighted by atomic mass is 10.1. The van der Waals surface area contributed by atoms with Crippen molar-refractivity contribution in [2.24, 2.45) is 5.73 Å². The second-order valence-corrected chi connectivity index (χ2v) is 5.21. The van der Waals surface area contributed by atoms with Gasteiger partial charge in [0.05, 0.1) is 0 Å². The fourth-order valence-corrected chi connectivity index (χ4v) is 2.28. The van der Waals surface area contributed by atoms with Gasteiger partial charge in [-0.05, 0) is 38.6 Å². The highest BCUT2D eigenvalue weighted by Gasteiger charge is 2.06. The Hall–Kier alpha value is -1.13. The topological polar surface area (TPSA) is 41.3 Å². The van der Waals surface area contributed by atoms with E-state index in [9.17, 15) is 0 Å². The first kappa shape index (κ1) is 15.9. The molecule has 0 amide bonds. The Morgan fingerprint density at radius 3 is 2.63 bits per heavy atom. The second kappa shape index (κ2) is 8.12. The van der Waals surface area contributed by atoms with Crippen molar-refractivity contribution in [3.8, 4) is 0 Å². The number of thiocarbonyl (C=S) groups is 1. The fourth-order valence-electron chi connectivity index (χ4n) is 2.11. The van der Waals surface area contributed by atoms with Crippen LogP contribution in [0, 0.1) is 6.92 Å². The van der Waals surface area contributed by atoms with E-state index in [1.54, 1.807) is 0 Å². The molecular formula is C15H25N3S. The van der Waals surface area contributed by atoms with Crippen LogP contribution >= 0.6 is 12.2 Å². The van der Waals surface area contributed by atoms with Gasteiger partial charge in [0.2, 0.25) is 0 Å². The predicted molar refractivity (Wildman–Crippen MR) is 88.0 cm³/mol. The molecule has 1 aromatic rings. The normalized spacial score (nSPS) is 10.7. The Morgan fingerprint density at radius 2 is 2.05 bits per heavy atom. The summed E-state index contributed by atoms with van der Waals surface area (Å²) in [4.78, 5) is 2.88. The van der Waals surface area contributed by atoms with Crippen molar-refractivity contribution in [2.45, 2.75) is 27.2 Å². The number of aryl methyl sites for hydroxylation is 1. The smallest absolute Gasteiger partial charge is 0.106 e. The van der Waals surface area contributed by atoms with Gasteiger partial charge in [0.25, 0.3) is 0 Å². The highest BCUT2D eigenvalue weighted by Crippen LogP contribution is 2.17. The molecule has 3 N–H and O–H groups in total. The molecule has 0 aliphatic carbocycles. The quantitative estimate of drug-likeness (QED) is 0.718. The minimum Gasteiger partial charge on any atom is -0.389 e. The third kappa shape index (κ3) is 5.17. The van der Waals surface area contributed by atoms with Crippen LogP contribution in [0.4, 0.5) is 5.69 Å². The summed E-state index contributed by atoms with van der Waals surface area (Å²) in [7, 11) is 0. The zero-order valence-corrected chi connectivity index (χ0v) is 13.0. The Bertz CT molecular complexity index is 418. The molecule has 0 fully saturated rings. The van der Waals surface area contributed by atoms with E-state index in [-0.39, 0.29) is 0 Å². The van der Waals surface area contributed by atoms with Crippen LogP contribution in [0.3, 0.4) is 0 Å². The number of nitrogens with one attached hydrogen (secondary N) is 1. The van der Waals surface area contributed by atoms with E-state index in [0.29, 0.717) is 4.99 Å². The average molecular weight is 279 g/mol. The first-order chi connectivity index (χ1) is 9.08. The van der Waals surface area contributed by atoms with Gasteiger partial charge in [-0.2, -0.15) is 0 Å². The molecule has 106 valence electrons. The maximum Gasteiger partial charge on any atom is 0.106 e. The Morgan fingerprint density at radius 1 is 1.32 bits per heavy atom. The molecule has 1 aromatic carbocycles. The van der Waals surface area contributed by atoms with Crippen LogP contribution in [0.2, 0.25) is 0 Å². The Balaban J connectivity index is 2.60. The molecule has 0 saturated heterocycles. The number of nitrogens with zero attached hydrogens (tertiary/aromatic N) is 1. The standard InChI is InChI=1S/C15H25N3S/c1-4-9-18(5-2)10-8-17-14-7-6-12(3)11-13(14)15(16)19/h6-7,11,17H,4-5,8-10H2,1-3H3,(H2,16,19). The van der Waals surface area contributed by atoms with E-state index in [1.807, 2.05) is 13.0 Å². The number of likely N-dealkylation sites (N-methyl/N-ethyl adjacent to an activating group) is 1. The van der Waals surface area contributed by atoms with Crippen molar-refractivity contribution >= 4 is 22.9 Å². The van der Waals surface area contributed by atoms with E-state index < -0.39 is 0 Å². The summed E-state index contributed by atoms with van der Waals surface area (Å²) in [6, 6.07) is 6.17. The van der Waals surface area contributed by atoms with Crippen LogP contribution in [-0.4, -0.2) is 36.1 Å². The number of hydrogen-bond donors (Lipinski definition) is 2. The molecular weight excluding hydrogens is 254 g/mol. The zero-order chi connectivity index (χ0) is 14.3. The lowest BCUT2D eigenvalue weighted by Gasteiger charge is -2.20. The summed E-state index contributed by atoms with van der Waals surface area (Å²) in [5.74, 6) is 0. The first-order valence-corrected chi connectivity index (χ1v) is 7.36. The summed E-state index contributed by atoms with van der Waals surface area (Å²) in [5, 5.41) is 3.44. The van der Waals surface area contributed by atoms with Crippen molar-refractivity contribution in [1.29, 1.82) is 0 Å². The molecule has 0 aliphatic rings. The van der Waals surface area contributed by atoms with Gasteiger partial charge in [-0.15, -0.1) is 0 Å². The van der Waals surface area contributed by atoms with Gasteiger partial charge in [0.15, 0.2) is 0 Å². The SMILES string of the molecule is CCCN(CC)CCNc1ccc(C)cc1C(N)=S. The lowest BCUT2D eigenvalue weighted by Crippen LogP contribution is -2.30. The molecule has 0 aromatic heterocycles. The minimum atomic E-state index is 0.451. The number of rotatable bonds is 8. The third-order valence-corrected chi connectivity index (χ3v) is 3.39. The lowest BCUT2D eigenvalue weighted by molar-refractivity contribution is 0.300. The van der Waals surface area contributed by atoms with Crippen LogP contribution in [-0.2, 0) is 0 Å². The molecule has 19 heavy (non-hydrogen) atoms. The molecule has 0 bridgehead atoms. The minimum absolute atomic E-state index is 0.451. The number of hydrogen-bond acceptors (Lipinski definition) is 3. The summed E-state index contributed by atoms with van der Waals surface area (Å²) in [6.45, 7) is 10.6. The van der Waals surface area contributed by atoms with E-state index in [0.717, 1.165) is 37.4 Å². The summed E-state index contributed by atoms with van der Waals surface area (Å²) >= 11 is 5.10. The number of nitrogens with two attached hydrogens (primary N) is 1. The molecule has 0 saturated carbocycles. The van der Waals surface area contributed by atoms with Gasteiger partial charge in [-0.25, -0.2) is 0 Å². The average Bonchev–Trinajstić information content (AvgIpc) is 2.39. The molecule has 0 unspecified atom stereocenters. The van der Waals surface area contributed by atoms with Gasteiger partial charge in [-0.3, -0.25) is 0 Å². The van der Waals surface area contributed by atoms with Crippen LogP contribution in [0.1, 0.15) is 31.4 Å². The van der Waals surface area contributed by atoms with Crippen molar-refractivity contribution in [2.75, 3.05) is 31.5 Å². The van der Waals surface area contributed by atoms with E-state index >= 15 is 0 Å². The largest absolute Gasteiger partial charge is 0.389 e. The molecule has 3 nitrogen and oxygen atoms in total. The Kier molecular flexibility index (Phi) is 6.81. The highest BCUT2D eigenvalue weighted by atomic mass is 32.1. The predicted octanol–water partition coefficient (Wildman–Crippen LogP) is 2.77. The summed E-state index contributed by atoms with van der Waals surface area (Å²) < 4.78 is 0. The molecule has 0 heterocycles. The molecule has 0 atom stereocenters. The van der Waals surface area contributed by atoms with E-state index in [1.165, 1.54) is 12.0 Å². The zero-order valence-electron chi connectivity index (χ0n) is 12.2. The molecule has 4 heteroatoms. The van der Waals surface area contributed by atoms with Crippen LogP contribution < -0.4 is 11.1 Å². The van der Waals surface area contributed by atoms with Gasteiger partial charge in [0.1, 0.15) is 4.99 Å². The monoisotopic (exact) mass is 279 g/mol. The molecule has 0 radical (unpaired) electrons. The van der Waals surface area contributed by atoms with Crippen molar-refractivity contribution in [3.05, 3.63) is 29.3 Å².